The van der Waals surface area contributed by atoms with Crippen LogP contribution in [0.4, 0.5) is 0 Å². The molecule has 0 aliphatic rings. The van der Waals surface area contributed by atoms with Crippen LogP contribution in [-0.2, 0) is 0 Å². The molecule has 12 rings (SSSR count). The van der Waals surface area contributed by atoms with Crippen molar-refractivity contribution < 1.29 is 0 Å². The number of hydrogen-bond donors (Lipinski definition) is 0. The van der Waals surface area contributed by atoms with Gasteiger partial charge in [0.05, 0.1) is 16.6 Å². The average molecular weight is 854 g/mol. The molecule has 12 aromatic rings. The van der Waals surface area contributed by atoms with Gasteiger partial charge in [0.25, 0.3) is 0 Å². The van der Waals surface area contributed by atoms with Crippen molar-refractivity contribution in [3.05, 3.63) is 261 Å². The van der Waals surface area contributed by atoms with E-state index in [9.17, 15) is 0 Å². The topological polar surface area (TPSA) is 30.7 Å². The first-order valence-corrected chi connectivity index (χ1v) is 22.8. The van der Waals surface area contributed by atoms with Crippen molar-refractivity contribution in [2.24, 2.45) is 0 Å². The Morgan fingerprint density at radius 2 is 0.597 bits per heavy atom. The van der Waals surface area contributed by atoms with Crippen LogP contribution >= 0.6 is 0 Å². The van der Waals surface area contributed by atoms with E-state index in [0.29, 0.717) is 5.82 Å². The fourth-order valence-electron chi connectivity index (χ4n) is 9.49. The van der Waals surface area contributed by atoms with Crippen LogP contribution in [0.2, 0.25) is 0 Å². The molecule has 0 bridgehead atoms. The van der Waals surface area contributed by atoms with Crippen molar-refractivity contribution >= 4 is 21.9 Å². The number of aromatic nitrogens is 3. The van der Waals surface area contributed by atoms with Crippen molar-refractivity contribution in [1.82, 2.24) is 14.5 Å². The number of nitrogens with zero attached hydrogens (tertiary/aromatic N) is 3. The van der Waals surface area contributed by atoms with Gasteiger partial charge >= 0.3 is 0 Å². The Morgan fingerprint density at radius 1 is 0.254 bits per heavy atom. The van der Waals surface area contributed by atoms with E-state index in [1.54, 1.807) is 0 Å². The Morgan fingerprint density at radius 3 is 1.13 bits per heavy atom. The molecule has 0 unspecified atom stereocenters. The van der Waals surface area contributed by atoms with Crippen molar-refractivity contribution in [2.45, 2.75) is 0 Å². The molecule has 3 nitrogen and oxygen atoms in total. The summed E-state index contributed by atoms with van der Waals surface area (Å²) in [6.07, 6.45) is 0. The fourth-order valence-corrected chi connectivity index (χ4v) is 9.49. The van der Waals surface area contributed by atoms with Crippen LogP contribution in [0, 0.1) is 0 Å². The Labute approximate surface area is 390 Å². The first-order valence-electron chi connectivity index (χ1n) is 22.8. The van der Waals surface area contributed by atoms with E-state index >= 15 is 0 Å². The first-order chi connectivity index (χ1) is 33.2. The van der Waals surface area contributed by atoms with E-state index in [0.717, 1.165) is 77.8 Å². The summed E-state index contributed by atoms with van der Waals surface area (Å²) in [4.78, 5) is 11.0. The van der Waals surface area contributed by atoms with Gasteiger partial charge in [-0.15, -0.1) is 0 Å². The first kappa shape index (κ1) is 39.7. The molecule has 0 spiro atoms. The molecule has 10 aromatic carbocycles. The van der Waals surface area contributed by atoms with Crippen molar-refractivity contribution in [3.8, 4) is 95.1 Å². The van der Waals surface area contributed by atoms with E-state index in [4.69, 9.17) is 9.97 Å². The zero-order valence-corrected chi connectivity index (χ0v) is 36.7. The molecular formula is C64H43N3. The molecule has 2 heterocycles. The highest BCUT2D eigenvalue weighted by molar-refractivity contribution is 6.14. The van der Waals surface area contributed by atoms with Gasteiger partial charge in [0.15, 0.2) is 5.82 Å². The lowest BCUT2D eigenvalue weighted by Crippen LogP contribution is -1.99. The van der Waals surface area contributed by atoms with Gasteiger partial charge in [0.1, 0.15) is 5.65 Å². The normalized spacial score (nSPS) is 11.3. The molecule has 314 valence electrons. The van der Waals surface area contributed by atoms with E-state index in [1.165, 1.54) is 33.4 Å². The third kappa shape index (κ3) is 7.69. The summed E-state index contributed by atoms with van der Waals surface area (Å²) in [5.41, 5.74) is 19.8. The molecule has 0 saturated heterocycles. The minimum absolute atomic E-state index is 0.670. The highest BCUT2D eigenvalue weighted by Gasteiger charge is 2.21. The highest BCUT2D eigenvalue weighted by atomic mass is 15.1. The number of fused-ring (bicyclic) bond motifs is 3. The summed E-state index contributed by atoms with van der Waals surface area (Å²) in [7, 11) is 0. The minimum atomic E-state index is 0.670. The highest BCUT2D eigenvalue weighted by Crippen LogP contribution is 2.41. The maximum Gasteiger partial charge on any atom is 0.162 e. The molecule has 0 fully saturated rings. The molecule has 3 heteroatoms. The van der Waals surface area contributed by atoms with Crippen LogP contribution in [0.15, 0.2) is 261 Å². The zero-order valence-electron chi connectivity index (χ0n) is 36.7. The molecule has 0 saturated carbocycles. The van der Waals surface area contributed by atoms with Crippen molar-refractivity contribution in [1.29, 1.82) is 0 Å². The van der Waals surface area contributed by atoms with E-state index in [-0.39, 0.29) is 0 Å². The molecule has 0 aliphatic heterocycles. The smallest absolute Gasteiger partial charge is 0.162 e. The second kappa shape index (κ2) is 17.2. The van der Waals surface area contributed by atoms with Gasteiger partial charge in [-0.3, -0.25) is 4.57 Å². The van der Waals surface area contributed by atoms with Crippen LogP contribution in [0.3, 0.4) is 0 Å². The van der Waals surface area contributed by atoms with Gasteiger partial charge in [-0.2, -0.15) is 0 Å². The summed E-state index contributed by atoms with van der Waals surface area (Å²) in [5, 5.41) is 2.14. The number of hydrogen-bond acceptors (Lipinski definition) is 2. The lowest BCUT2D eigenvalue weighted by atomic mass is 9.91. The predicted octanol–water partition coefficient (Wildman–Crippen LogP) is 16.9. The van der Waals surface area contributed by atoms with Crippen LogP contribution < -0.4 is 0 Å². The number of rotatable bonds is 9. The number of benzene rings is 10. The summed E-state index contributed by atoms with van der Waals surface area (Å²) in [6.45, 7) is 0. The third-order valence-corrected chi connectivity index (χ3v) is 12.8. The Bertz CT molecular complexity index is 3730. The Kier molecular flexibility index (Phi) is 10.2. The van der Waals surface area contributed by atoms with Crippen LogP contribution in [-0.4, -0.2) is 14.5 Å². The zero-order chi connectivity index (χ0) is 44.5. The Balaban J connectivity index is 0.993. The predicted molar refractivity (Wildman–Crippen MR) is 280 cm³/mol. The SMILES string of the molecule is c1ccc(-c2cccc(-c3cc(-c4ccccc4)cc(-c4cccc(-c5cccc(-c6nc(-c7cccc(-c8ccccc8)c7)c7c8ccccc8n(-c8ccccc8)c7n6)c5)c4)c3)c2)cc1. The van der Waals surface area contributed by atoms with Gasteiger partial charge in [-0.25, -0.2) is 9.97 Å². The lowest BCUT2D eigenvalue weighted by molar-refractivity contribution is 1.11. The second-order valence-electron chi connectivity index (χ2n) is 17.0. The summed E-state index contributed by atoms with van der Waals surface area (Å²) < 4.78 is 2.28. The van der Waals surface area contributed by atoms with Crippen LogP contribution in [0.5, 0.6) is 0 Å². The molecule has 0 atom stereocenters. The summed E-state index contributed by atoms with van der Waals surface area (Å²) in [6, 6.07) is 93.1. The van der Waals surface area contributed by atoms with E-state index < -0.39 is 0 Å². The van der Waals surface area contributed by atoms with Crippen molar-refractivity contribution in [3.63, 3.8) is 0 Å². The second-order valence-corrected chi connectivity index (χ2v) is 17.0. The maximum absolute atomic E-state index is 5.51. The molecule has 0 N–H and O–H groups in total. The molecule has 0 amide bonds. The van der Waals surface area contributed by atoms with E-state index in [2.05, 4.69) is 265 Å². The van der Waals surface area contributed by atoms with Crippen LogP contribution in [0.25, 0.3) is 117 Å². The maximum atomic E-state index is 5.51. The van der Waals surface area contributed by atoms with Gasteiger partial charge < -0.3 is 0 Å². The standard InChI is InChI=1S/C64H43N3/c1-5-19-44(20-6-1)47-25-15-29-51(37-47)56-41-55(46-23-9-3-10-24-46)42-57(43-56)52-30-16-27-49(38-52)50-28-18-32-54(40-50)63-65-62(53-31-17-26-48(39-53)45-21-7-2-8-22-45)61-59-35-13-14-36-60(59)67(64(61)66-63)58-33-11-4-12-34-58/h1-43H. The molecular weight excluding hydrogens is 811 g/mol. The largest absolute Gasteiger partial charge is 0.294 e. The minimum Gasteiger partial charge on any atom is -0.294 e. The molecule has 0 radical (unpaired) electrons. The van der Waals surface area contributed by atoms with E-state index in [1.807, 2.05) is 0 Å². The molecule has 2 aromatic heterocycles. The molecule has 67 heavy (non-hydrogen) atoms. The molecule has 0 aliphatic carbocycles. The quantitative estimate of drug-likeness (QED) is 0.145. The Hall–Kier alpha value is -8.92. The van der Waals surface area contributed by atoms with Crippen LogP contribution in [0.1, 0.15) is 0 Å². The summed E-state index contributed by atoms with van der Waals surface area (Å²) in [5.74, 6) is 0.670. The van der Waals surface area contributed by atoms with Gasteiger partial charge in [-0.05, 0) is 127 Å². The van der Waals surface area contributed by atoms with Gasteiger partial charge in [-0.1, -0.05) is 200 Å². The monoisotopic (exact) mass is 853 g/mol. The van der Waals surface area contributed by atoms with Gasteiger partial charge in [0, 0.05) is 22.2 Å². The lowest BCUT2D eigenvalue weighted by Gasteiger charge is -2.14. The number of para-hydroxylation sites is 2. The van der Waals surface area contributed by atoms with Crippen molar-refractivity contribution in [2.75, 3.05) is 0 Å². The average Bonchev–Trinajstić information content (AvgIpc) is 3.76. The van der Waals surface area contributed by atoms with Gasteiger partial charge in [0.2, 0.25) is 0 Å². The third-order valence-electron chi connectivity index (χ3n) is 12.8. The fraction of sp³-hybridized carbons (Fsp3) is 0. The summed E-state index contributed by atoms with van der Waals surface area (Å²) >= 11 is 0.